The number of pyridine rings is 2. The van der Waals surface area contributed by atoms with E-state index in [1.807, 2.05) is 25.1 Å². The first-order chi connectivity index (χ1) is 9.25. The van der Waals surface area contributed by atoms with Gasteiger partial charge < -0.3 is 0 Å². The number of Topliss-reactive ketones (excluding diaryl/α,β-unsaturated/α-hetero) is 1. The Morgan fingerprint density at radius 1 is 1.26 bits per heavy atom. The van der Waals surface area contributed by atoms with Gasteiger partial charge >= 0.3 is 0 Å². The average molecular weight is 254 g/mol. The molecule has 19 heavy (non-hydrogen) atoms. The van der Waals surface area contributed by atoms with Gasteiger partial charge in [-0.1, -0.05) is 19.3 Å². The van der Waals surface area contributed by atoms with Gasteiger partial charge in [-0.25, -0.2) is 9.97 Å². The van der Waals surface area contributed by atoms with E-state index in [1.165, 1.54) is 19.3 Å². The summed E-state index contributed by atoms with van der Waals surface area (Å²) in [5, 5.41) is 0.951. The van der Waals surface area contributed by atoms with Crippen LogP contribution in [-0.2, 0) is 0 Å². The summed E-state index contributed by atoms with van der Waals surface area (Å²) >= 11 is 0. The molecule has 2 heterocycles. The molecule has 0 atom stereocenters. The molecule has 0 amide bonds. The minimum Gasteiger partial charge on any atom is -0.294 e. The molecule has 2 aromatic rings. The highest BCUT2D eigenvalue weighted by molar-refractivity contribution is 6.01. The molecule has 0 unspecified atom stereocenters. The standard InChI is InChI=1S/C16H18N2O/c1-11-14(15(19)12-6-3-2-4-7-12)10-13-8-5-9-17-16(13)18-11/h5,8-10,12H,2-4,6-7H2,1H3. The summed E-state index contributed by atoms with van der Waals surface area (Å²) in [7, 11) is 0. The molecule has 3 heteroatoms. The Hall–Kier alpha value is -1.77. The third-order valence-electron chi connectivity index (χ3n) is 4.02. The molecule has 2 aromatic heterocycles. The number of hydrogen-bond donors (Lipinski definition) is 0. The van der Waals surface area contributed by atoms with Gasteiger partial charge in [0.15, 0.2) is 11.4 Å². The van der Waals surface area contributed by atoms with Crippen molar-refractivity contribution in [1.29, 1.82) is 0 Å². The summed E-state index contributed by atoms with van der Waals surface area (Å²) in [4.78, 5) is 21.3. The van der Waals surface area contributed by atoms with E-state index < -0.39 is 0 Å². The Balaban J connectivity index is 1.99. The van der Waals surface area contributed by atoms with E-state index in [0.29, 0.717) is 0 Å². The summed E-state index contributed by atoms with van der Waals surface area (Å²) < 4.78 is 0. The van der Waals surface area contributed by atoms with E-state index in [-0.39, 0.29) is 11.7 Å². The van der Waals surface area contributed by atoms with Crippen LogP contribution < -0.4 is 0 Å². The predicted octanol–water partition coefficient (Wildman–Crippen LogP) is 3.70. The van der Waals surface area contributed by atoms with Crippen molar-refractivity contribution >= 4 is 16.8 Å². The summed E-state index contributed by atoms with van der Waals surface area (Å²) in [6.45, 7) is 1.91. The normalized spacial score (nSPS) is 16.7. The van der Waals surface area contributed by atoms with Gasteiger partial charge in [0.1, 0.15) is 0 Å². The molecule has 0 bridgehead atoms. The maximum atomic E-state index is 12.6. The number of aryl methyl sites for hydroxylation is 1. The minimum absolute atomic E-state index is 0.198. The Kier molecular flexibility index (Phi) is 3.28. The molecule has 0 aromatic carbocycles. The van der Waals surface area contributed by atoms with E-state index in [9.17, 15) is 4.79 Å². The quantitative estimate of drug-likeness (QED) is 0.767. The lowest BCUT2D eigenvalue weighted by atomic mass is 9.83. The van der Waals surface area contributed by atoms with Crippen molar-refractivity contribution < 1.29 is 4.79 Å². The summed E-state index contributed by atoms with van der Waals surface area (Å²) in [5.74, 6) is 0.471. The van der Waals surface area contributed by atoms with Crippen molar-refractivity contribution in [2.24, 2.45) is 5.92 Å². The molecule has 0 radical (unpaired) electrons. The Bertz CT molecular complexity index is 615. The predicted molar refractivity (Wildman–Crippen MR) is 75.2 cm³/mol. The molecule has 3 rings (SSSR count). The lowest BCUT2D eigenvalue weighted by Crippen LogP contribution is -2.19. The zero-order valence-electron chi connectivity index (χ0n) is 11.2. The van der Waals surface area contributed by atoms with Crippen LogP contribution in [0.1, 0.15) is 48.2 Å². The highest BCUT2D eigenvalue weighted by atomic mass is 16.1. The Labute approximate surface area is 113 Å². The van der Waals surface area contributed by atoms with Crippen LogP contribution in [0.3, 0.4) is 0 Å². The third-order valence-corrected chi connectivity index (χ3v) is 4.02. The van der Waals surface area contributed by atoms with Gasteiger partial charge in [-0.15, -0.1) is 0 Å². The van der Waals surface area contributed by atoms with Gasteiger partial charge in [0.25, 0.3) is 0 Å². The van der Waals surface area contributed by atoms with Gasteiger partial charge in [-0.3, -0.25) is 4.79 Å². The lowest BCUT2D eigenvalue weighted by Gasteiger charge is -2.21. The van der Waals surface area contributed by atoms with Crippen molar-refractivity contribution in [1.82, 2.24) is 9.97 Å². The first-order valence-electron chi connectivity index (χ1n) is 7.02. The van der Waals surface area contributed by atoms with Crippen LogP contribution in [0.5, 0.6) is 0 Å². The van der Waals surface area contributed by atoms with E-state index >= 15 is 0 Å². The maximum absolute atomic E-state index is 12.6. The van der Waals surface area contributed by atoms with Gasteiger partial charge in [-0.05, 0) is 38.0 Å². The largest absolute Gasteiger partial charge is 0.294 e. The number of fused-ring (bicyclic) bond motifs is 1. The van der Waals surface area contributed by atoms with Crippen LogP contribution in [0.2, 0.25) is 0 Å². The van der Waals surface area contributed by atoms with Crippen molar-refractivity contribution in [3.63, 3.8) is 0 Å². The molecule has 1 fully saturated rings. The monoisotopic (exact) mass is 254 g/mol. The Morgan fingerprint density at radius 2 is 2.05 bits per heavy atom. The van der Waals surface area contributed by atoms with Crippen LogP contribution in [-0.4, -0.2) is 15.8 Å². The maximum Gasteiger partial charge on any atom is 0.167 e. The lowest BCUT2D eigenvalue weighted by molar-refractivity contribution is 0.0888. The van der Waals surface area contributed by atoms with E-state index in [0.717, 1.165) is 35.1 Å². The number of aromatic nitrogens is 2. The second kappa shape index (κ2) is 5.08. The SMILES string of the molecule is Cc1nc2ncccc2cc1C(=O)C1CCCCC1. The molecule has 3 nitrogen and oxygen atoms in total. The smallest absolute Gasteiger partial charge is 0.167 e. The van der Waals surface area contributed by atoms with Crippen LogP contribution in [0.25, 0.3) is 11.0 Å². The van der Waals surface area contributed by atoms with Crippen molar-refractivity contribution in [3.05, 3.63) is 35.7 Å². The van der Waals surface area contributed by atoms with Crippen molar-refractivity contribution in [2.45, 2.75) is 39.0 Å². The molecule has 0 aliphatic heterocycles. The fourth-order valence-corrected chi connectivity index (χ4v) is 2.93. The fourth-order valence-electron chi connectivity index (χ4n) is 2.93. The van der Waals surface area contributed by atoms with Crippen LogP contribution >= 0.6 is 0 Å². The molecule has 98 valence electrons. The molecule has 0 spiro atoms. The molecular weight excluding hydrogens is 236 g/mol. The van der Waals surface area contributed by atoms with Gasteiger partial charge in [0, 0.05) is 23.1 Å². The summed E-state index contributed by atoms with van der Waals surface area (Å²) in [5.41, 5.74) is 2.31. The summed E-state index contributed by atoms with van der Waals surface area (Å²) in [6, 6.07) is 5.81. The molecule has 1 saturated carbocycles. The van der Waals surface area contributed by atoms with E-state index in [2.05, 4.69) is 9.97 Å². The topological polar surface area (TPSA) is 42.9 Å². The first kappa shape index (κ1) is 12.3. The minimum atomic E-state index is 0.198. The van der Waals surface area contributed by atoms with Crippen LogP contribution in [0.4, 0.5) is 0 Å². The average Bonchev–Trinajstić information content (AvgIpc) is 2.47. The highest BCUT2D eigenvalue weighted by Crippen LogP contribution is 2.28. The summed E-state index contributed by atoms with van der Waals surface area (Å²) in [6.07, 6.45) is 7.42. The number of carbonyl (C=O) groups is 1. The number of hydrogen-bond acceptors (Lipinski definition) is 3. The first-order valence-corrected chi connectivity index (χ1v) is 7.02. The number of carbonyl (C=O) groups excluding carboxylic acids is 1. The van der Waals surface area contributed by atoms with Crippen molar-refractivity contribution in [2.75, 3.05) is 0 Å². The molecule has 1 aliphatic rings. The molecule has 1 aliphatic carbocycles. The number of ketones is 1. The zero-order chi connectivity index (χ0) is 13.2. The van der Waals surface area contributed by atoms with Gasteiger partial charge in [0.05, 0.1) is 5.69 Å². The second-order valence-electron chi connectivity index (χ2n) is 5.37. The van der Waals surface area contributed by atoms with E-state index in [4.69, 9.17) is 0 Å². The van der Waals surface area contributed by atoms with Gasteiger partial charge in [0.2, 0.25) is 0 Å². The van der Waals surface area contributed by atoms with Gasteiger partial charge in [-0.2, -0.15) is 0 Å². The van der Waals surface area contributed by atoms with Crippen molar-refractivity contribution in [3.8, 4) is 0 Å². The third kappa shape index (κ3) is 2.37. The Morgan fingerprint density at radius 3 is 2.84 bits per heavy atom. The second-order valence-corrected chi connectivity index (χ2v) is 5.37. The zero-order valence-corrected chi connectivity index (χ0v) is 11.2. The molecular formula is C16H18N2O. The molecule has 0 saturated heterocycles. The highest BCUT2D eigenvalue weighted by Gasteiger charge is 2.24. The number of nitrogens with zero attached hydrogens (tertiary/aromatic N) is 2. The number of rotatable bonds is 2. The fraction of sp³-hybridized carbons (Fsp3) is 0.438. The van der Waals surface area contributed by atoms with Crippen LogP contribution in [0, 0.1) is 12.8 Å². The van der Waals surface area contributed by atoms with Crippen LogP contribution in [0.15, 0.2) is 24.4 Å². The van der Waals surface area contributed by atoms with E-state index in [1.54, 1.807) is 6.20 Å². The molecule has 0 N–H and O–H groups in total.